The first-order valence-corrected chi connectivity index (χ1v) is 6.64. The number of carboxylic acids is 1. The number of carbonyl (C=O) groups is 1. The Morgan fingerprint density at radius 2 is 2.33 bits per heavy atom. The predicted octanol–water partition coefficient (Wildman–Crippen LogP) is 3.06. The van der Waals surface area contributed by atoms with E-state index in [9.17, 15) is 4.79 Å². The molecule has 0 saturated heterocycles. The van der Waals surface area contributed by atoms with E-state index in [-0.39, 0.29) is 10.6 Å². The molecule has 0 radical (unpaired) electrons. The molecular weight excluding hydrogens is 252 g/mol. The third kappa shape index (κ3) is 2.93. The van der Waals surface area contributed by atoms with E-state index < -0.39 is 5.97 Å². The Bertz CT molecular complexity index is 447. The first-order chi connectivity index (χ1) is 8.63. The Balaban J connectivity index is 2.27. The van der Waals surface area contributed by atoms with Gasteiger partial charge in [-0.05, 0) is 31.2 Å². The van der Waals surface area contributed by atoms with Crippen LogP contribution in [0.4, 0.5) is 5.82 Å². The second kappa shape index (κ2) is 5.57. The monoisotopic (exact) mass is 268 g/mol. The van der Waals surface area contributed by atoms with Gasteiger partial charge in [0.25, 0.3) is 0 Å². The lowest BCUT2D eigenvalue weighted by molar-refractivity contribution is 0.0697. The SMILES string of the molecule is CCCN(CC1CC1)c1nccc(C(=O)O)c1Cl. The second-order valence-electron chi connectivity index (χ2n) is 4.69. The fraction of sp³-hybridized carbons (Fsp3) is 0.538. The molecule has 4 nitrogen and oxygen atoms in total. The summed E-state index contributed by atoms with van der Waals surface area (Å²) in [6, 6.07) is 1.44. The van der Waals surface area contributed by atoms with Crippen molar-refractivity contribution in [3.63, 3.8) is 0 Å². The van der Waals surface area contributed by atoms with Crippen LogP contribution in [0.15, 0.2) is 12.3 Å². The summed E-state index contributed by atoms with van der Waals surface area (Å²) < 4.78 is 0. The number of aromatic nitrogens is 1. The number of hydrogen-bond acceptors (Lipinski definition) is 3. The van der Waals surface area contributed by atoms with E-state index in [2.05, 4.69) is 16.8 Å². The fourth-order valence-electron chi connectivity index (χ4n) is 1.98. The minimum atomic E-state index is -1.01. The molecule has 1 N–H and O–H groups in total. The number of nitrogens with zero attached hydrogens (tertiary/aromatic N) is 2. The zero-order chi connectivity index (χ0) is 13.1. The Labute approximate surface area is 112 Å². The molecule has 0 aliphatic heterocycles. The lowest BCUT2D eigenvalue weighted by Gasteiger charge is -2.24. The van der Waals surface area contributed by atoms with Gasteiger partial charge in [-0.3, -0.25) is 0 Å². The molecule has 18 heavy (non-hydrogen) atoms. The molecular formula is C13H17ClN2O2. The molecule has 1 heterocycles. The zero-order valence-corrected chi connectivity index (χ0v) is 11.2. The Hall–Kier alpha value is -1.29. The van der Waals surface area contributed by atoms with Crippen molar-refractivity contribution < 1.29 is 9.90 Å². The number of anilines is 1. The Morgan fingerprint density at radius 1 is 1.61 bits per heavy atom. The highest BCUT2D eigenvalue weighted by atomic mass is 35.5. The molecule has 0 spiro atoms. The van der Waals surface area contributed by atoms with Gasteiger partial charge in [-0.15, -0.1) is 0 Å². The van der Waals surface area contributed by atoms with Crippen molar-refractivity contribution in [2.75, 3.05) is 18.0 Å². The van der Waals surface area contributed by atoms with Crippen molar-refractivity contribution in [1.29, 1.82) is 0 Å². The maximum absolute atomic E-state index is 11.1. The van der Waals surface area contributed by atoms with Gasteiger partial charge in [0.1, 0.15) is 5.82 Å². The van der Waals surface area contributed by atoms with E-state index in [0.717, 1.165) is 19.5 Å². The molecule has 1 aliphatic carbocycles. The lowest BCUT2D eigenvalue weighted by atomic mass is 10.2. The molecule has 1 aromatic heterocycles. The van der Waals surface area contributed by atoms with Crippen molar-refractivity contribution in [3.05, 3.63) is 22.8 Å². The molecule has 1 aromatic rings. The first-order valence-electron chi connectivity index (χ1n) is 6.26. The van der Waals surface area contributed by atoms with E-state index in [1.165, 1.54) is 25.1 Å². The standard InChI is InChI=1S/C13H17ClN2O2/c1-2-7-16(8-9-3-4-9)12-11(14)10(13(17)18)5-6-15-12/h5-6,9H,2-4,7-8H2,1H3,(H,17,18). The molecule has 1 aliphatic rings. The summed E-state index contributed by atoms with van der Waals surface area (Å²) in [6.45, 7) is 3.87. The number of pyridine rings is 1. The second-order valence-corrected chi connectivity index (χ2v) is 5.07. The molecule has 5 heteroatoms. The Kier molecular flexibility index (Phi) is 4.07. The number of carboxylic acid groups (broad SMARTS) is 1. The number of aromatic carboxylic acids is 1. The van der Waals surface area contributed by atoms with E-state index in [0.29, 0.717) is 11.7 Å². The summed E-state index contributed by atoms with van der Waals surface area (Å²) in [7, 11) is 0. The quantitative estimate of drug-likeness (QED) is 0.862. The minimum absolute atomic E-state index is 0.124. The van der Waals surface area contributed by atoms with E-state index in [4.69, 9.17) is 16.7 Å². The molecule has 2 rings (SSSR count). The highest BCUT2D eigenvalue weighted by Crippen LogP contribution is 2.33. The normalized spacial score (nSPS) is 14.6. The molecule has 0 bridgehead atoms. The smallest absolute Gasteiger partial charge is 0.337 e. The summed E-state index contributed by atoms with van der Waals surface area (Å²) in [6.07, 6.45) is 5.00. The van der Waals surface area contributed by atoms with Crippen LogP contribution in [0.2, 0.25) is 5.02 Å². The van der Waals surface area contributed by atoms with Crippen LogP contribution in [0.5, 0.6) is 0 Å². The molecule has 1 saturated carbocycles. The van der Waals surface area contributed by atoms with Gasteiger partial charge in [-0.1, -0.05) is 18.5 Å². The summed E-state index contributed by atoms with van der Waals surface area (Å²) >= 11 is 6.15. The largest absolute Gasteiger partial charge is 0.478 e. The average Bonchev–Trinajstić information content (AvgIpc) is 3.12. The van der Waals surface area contributed by atoms with Crippen LogP contribution in [0.3, 0.4) is 0 Å². The van der Waals surface area contributed by atoms with Crippen molar-refractivity contribution in [1.82, 2.24) is 4.98 Å². The van der Waals surface area contributed by atoms with E-state index >= 15 is 0 Å². The van der Waals surface area contributed by atoms with Crippen molar-refractivity contribution in [2.45, 2.75) is 26.2 Å². The van der Waals surface area contributed by atoms with Gasteiger partial charge in [0, 0.05) is 19.3 Å². The molecule has 98 valence electrons. The predicted molar refractivity (Wildman–Crippen MR) is 71.4 cm³/mol. The summed E-state index contributed by atoms with van der Waals surface area (Å²) in [5, 5.41) is 9.31. The summed E-state index contributed by atoms with van der Waals surface area (Å²) in [5.74, 6) is 0.305. The number of hydrogen-bond donors (Lipinski definition) is 1. The zero-order valence-electron chi connectivity index (χ0n) is 10.4. The van der Waals surface area contributed by atoms with Gasteiger partial charge in [0.05, 0.1) is 10.6 Å². The highest BCUT2D eigenvalue weighted by Gasteiger charge is 2.26. The van der Waals surface area contributed by atoms with Crippen LogP contribution in [0.25, 0.3) is 0 Å². The molecule has 0 amide bonds. The topological polar surface area (TPSA) is 53.4 Å². The van der Waals surface area contributed by atoms with Crippen molar-refractivity contribution in [2.24, 2.45) is 5.92 Å². The van der Waals surface area contributed by atoms with Gasteiger partial charge >= 0.3 is 5.97 Å². The van der Waals surface area contributed by atoms with E-state index in [1.54, 1.807) is 0 Å². The van der Waals surface area contributed by atoms with Crippen LogP contribution in [0.1, 0.15) is 36.5 Å². The molecule has 0 atom stereocenters. The fourth-order valence-corrected chi connectivity index (χ4v) is 2.30. The maximum atomic E-state index is 11.1. The van der Waals surface area contributed by atoms with Crippen LogP contribution in [-0.4, -0.2) is 29.1 Å². The van der Waals surface area contributed by atoms with Gasteiger partial charge in [-0.2, -0.15) is 0 Å². The summed E-state index contributed by atoms with van der Waals surface area (Å²) in [4.78, 5) is 17.4. The van der Waals surface area contributed by atoms with Crippen LogP contribution >= 0.6 is 11.6 Å². The molecule has 0 unspecified atom stereocenters. The molecule has 0 aromatic carbocycles. The third-order valence-electron chi connectivity index (χ3n) is 3.07. The van der Waals surface area contributed by atoms with Gasteiger partial charge < -0.3 is 10.0 Å². The van der Waals surface area contributed by atoms with Gasteiger partial charge in [-0.25, -0.2) is 9.78 Å². The minimum Gasteiger partial charge on any atom is -0.478 e. The third-order valence-corrected chi connectivity index (χ3v) is 3.44. The first kappa shape index (κ1) is 13.1. The highest BCUT2D eigenvalue weighted by molar-refractivity contribution is 6.35. The average molecular weight is 269 g/mol. The number of rotatable bonds is 6. The van der Waals surface area contributed by atoms with Gasteiger partial charge in [0.15, 0.2) is 0 Å². The van der Waals surface area contributed by atoms with Crippen molar-refractivity contribution in [3.8, 4) is 0 Å². The maximum Gasteiger partial charge on any atom is 0.337 e. The van der Waals surface area contributed by atoms with Crippen LogP contribution in [0, 0.1) is 5.92 Å². The lowest BCUT2D eigenvalue weighted by Crippen LogP contribution is -2.28. The Morgan fingerprint density at radius 3 is 2.89 bits per heavy atom. The number of halogens is 1. The van der Waals surface area contributed by atoms with Crippen molar-refractivity contribution >= 4 is 23.4 Å². The van der Waals surface area contributed by atoms with Crippen LogP contribution < -0.4 is 4.90 Å². The van der Waals surface area contributed by atoms with Crippen LogP contribution in [-0.2, 0) is 0 Å². The summed E-state index contributed by atoms with van der Waals surface area (Å²) in [5.41, 5.74) is 0.124. The molecule has 1 fully saturated rings. The van der Waals surface area contributed by atoms with Gasteiger partial charge in [0.2, 0.25) is 0 Å². The van der Waals surface area contributed by atoms with E-state index in [1.807, 2.05) is 0 Å².